The van der Waals surface area contributed by atoms with Crippen LogP contribution in [0.2, 0.25) is 0 Å². The van der Waals surface area contributed by atoms with Crippen molar-refractivity contribution in [2.45, 2.75) is 24.9 Å². The van der Waals surface area contributed by atoms with Crippen molar-refractivity contribution in [2.75, 3.05) is 0 Å². The molecule has 1 aromatic rings. The fourth-order valence-corrected chi connectivity index (χ4v) is 4.53. The second kappa shape index (κ2) is 5.43. The predicted octanol–water partition coefficient (Wildman–Crippen LogP) is 0.534. The standard InChI is InChI=1S/C19H15NO7/c20-18(26)14-11(22)6-9-5-8-4-7-2-1-3-10(21)12(7)15(23)13(8)16(24)19(9,27)17(14)25/h1-3,8-9,21,23,25,27H,4-6H2/t8?,9?,19-/m0/s1. The van der Waals surface area contributed by atoms with Crippen LogP contribution >= 0.6 is 0 Å². The third-order valence-electron chi connectivity index (χ3n) is 5.77. The highest BCUT2D eigenvalue weighted by Gasteiger charge is 2.60. The second-order valence-electron chi connectivity index (χ2n) is 7.16. The van der Waals surface area contributed by atoms with E-state index in [4.69, 9.17) is 5.73 Å². The predicted molar refractivity (Wildman–Crippen MR) is 89.3 cm³/mol. The number of carbonyl (C=O) groups excluding carboxylic acids is 3. The normalized spacial score (nSPS) is 30.0. The van der Waals surface area contributed by atoms with Crippen molar-refractivity contribution in [1.29, 1.82) is 0 Å². The highest BCUT2D eigenvalue weighted by molar-refractivity contribution is 6.22. The van der Waals surface area contributed by atoms with Gasteiger partial charge < -0.3 is 20.4 Å². The molecule has 0 aromatic heterocycles. The Morgan fingerprint density at radius 1 is 1.15 bits per heavy atom. The molecule has 8 nitrogen and oxygen atoms in total. The summed E-state index contributed by atoms with van der Waals surface area (Å²) in [4.78, 5) is 36.5. The molecule has 1 saturated carbocycles. The number of fused-ring (bicyclic) bond motifs is 3. The van der Waals surface area contributed by atoms with Crippen molar-refractivity contribution in [3.63, 3.8) is 0 Å². The molecule has 1 amide bonds. The van der Waals surface area contributed by atoms with Gasteiger partial charge >= 0.3 is 5.91 Å². The van der Waals surface area contributed by atoms with Crippen LogP contribution in [0.25, 0.3) is 5.76 Å². The fraction of sp³-hybridized carbons (Fsp3) is 0.316. The quantitative estimate of drug-likeness (QED) is 0.526. The van der Waals surface area contributed by atoms with Crippen LogP contribution in [0.4, 0.5) is 0 Å². The Kier molecular flexibility index (Phi) is 3.48. The maximum absolute atomic E-state index is 13.1. The summed E-state index contributed by atoms with van der Waals surface area (Å²) < 4.78 is 0. The Morgan fingerprint density at radius 2 is 1.85 bits per heavy atom. The Balaban J connectivity index is 1.93. The van der Waals surface area contributed by atoms with E-state index in [0.717, 1.165) is 0 Å². The number of carbonyl (C=O) groups is 3. The maximum atomic E-state index is 13.1. The third-order valence-corrected chi connectivity index (χ3v) is 5.77. The molecule has 4 rings (SSSR count). The molecule has 1 fully saturated rings. The number of phenols is 1. The van der Waals surface area contributed by atoms with Gasteiger partial charge in [0, 0.05) is 17.9 Å². The number of aliphatic hydroxyl groups is 3. The molecule has 0 heterocycles. The van der Waals surface area contributed by atoms with Gasteiger partial charge in [-0.2, -0.15) is 0 Å². The van der Waals surface area contributed by atoms with Crippen LogP contribution in [-0.4, -0.2) is 43.5 Å². The lowest BCUT2D eigenvalue weighted by molar-refractivity contribution is -0.147. The number of Topliss-reactive ketones (excluding diaryl/α,β-unsaturated/α-hetero) is 2. The molecule has 0 spiro atoms. The first-order valence-corrected chi connectivity index (χ1v) is 8.39. The van der Waals surface area contributed by atoms with E-state index in [1.54, 1.807) is 12.1 Å². The molecule has 3 atom stereocenters. The lowest BCUT2D eigenvalue weighted by Gasteiger charge is -2.45. The number of rotatable bonds is 1. The van der Waals surface area contributed by atoms with Crippen molar-refractivity contribution in [2.24, 2.45) is 11.8 Å². The number of aliphatic hydroxyl groups excluding tert-OH is 2. The number of ketones is 2. The molecule has 0 aliphatic heterocycles. The van der Waals surface area contributed by atoms with Gasteiger partial charge in [0.25, 0.3) is 0 Å². The zero-order valence-corrected chi connectivity index (χ0v) is 14.0. The van der Waals surface area contributed by atoms with E-state index >= 15 is 0 Å². The van der Waals surface area contributed by atoms with Crippen LogP contribution < -0.4 is 5.73 Å². The van der Waals surface area contributed by atoms with Crippen LogP contribution in [0, 0.1) is 11.8 Å². The number of benzene rings is 1. The van der Waals surface area contributed by atoms with Gasteiger partial charge in [-0.3, -0.25) is 14.4 Å². The van der Waals surface area contributed by atoms with Gasteiger partial charge in [0.1, 0.15) is 22.8 Å². The summed E-state index contributed by atoms with van der Waals surface area (Å²) in [7, 11) is 0. The van der Waals surface area contributed by atoms with Crippen molar-refractivity contribution < 1.29 is 34.8 Å². The molecule has 8 heteroatoms. The lowest BCUT2D eigenvalue weighted by Crippen LogP contribution is -2.58. The highest BCUT2D eigenvalue weighted by Crippen LogP contribution is 2.51. The number of phenolic OH excluding ortho intramolecular Hbond substituents is 1. The number of nitrogens with zero attached hydrogens (tertiary/aromatic N) is 1. The van der Waals surface area contributed by atoms with E-state index in [0.29, 0.717) is 12.0 Å². The minimum Gasteiger partial charge on any atom is -0.508 e. The van der Waals surface area contributed by atoms with Crippen molar-refractivity contribution in [3.05, 3.63) is 46.2 Å². The lowest BCUT2D eigenvalue weighted by atomic mass is 9.59. The minimum atomic E-state index is -2.59. The Morgan fingerprint density at radius 3 is 2.52 bits per heavy atom. The van der Waals surface area contributed by atoms with Crippen LogP contribution in [0.3, 0.4) is 0 Å². The molecule has 2 radical (unpaired) electrons. The van der Waals surface area contributed by atoms with Gasteiger partial charge in [0.15, 0.2) is 11.4 Å². The van der Waals surface area contributed by atoms with Gasteiger partial charge in [-0.1, -0.05) is 12.1 Å². The van der Waals surface area contributed by atoms with E-state index in [2.05, 4.69) is 0 Å². The molecule has 3 aliphatic carbocycles. The maximum Gasteiger partial charge on any atom is 0.302 e. The average molecular weight is 369 g/mol. The topological polar surface area (TPSA) is 154 Å². The summed E-state index contributed by atoms with van der Waals surface area (Å²) >= 11 is 0. The molecule has 3 aliphatic rings. The molecule has 0 bridgehead atoms. The van der Waals surface area contributed by atoms with E-state index in [1.807, 2.05) is 0 Å². The summed E-state index contributed by atoms with van der Waals surface area (Å²) in [6.45, 7) is 0. The Bertz CT molecular complexity index is 990. The van der Waals surface area contributed by atoms with Crippen molar-refractivity contribution in [3.8, 4) is 5.75 Å². The number of hydrogen-bond donors (Lipinski definition) is 4. The third kappa shape index (κ3) is 2.10. The molecule has 1 aromatic carbocycles. The monoisotopic (exact) mass is 369 g/mol. The van der Waals surface area contributed by atoms with E-state index in [-0.39, 0.29) is 23.3 Å². The molecule has 27 heavy (non-hydrogen) atoms. The van der Waals surface area contributed by atoms with E-state index in [9.17, 15) is 34.8 Å². The minimum absolute atomic E-state index is 0.0768. The second-order valence-corrected chi connectivity index (χ2v) is 7.16. The van der Waals surface area contributed by atoms with Gasteiger partial charge in [0.05, 0.1) is 5.56 Å². The van der Waals surface area contributed by atoms with Crippen molar-refractivity contribution in [1.82, 2.24) is 5.73 Å². The Hall–Kier alpha value is -3.13. The van der Waals surface area contributed by atoms with Crippen LogP contribution in [0.15, 0.2) is 35.1 Å². The van der Waals surface area contributed by atoms with Crippen LogP contribution in [0.5, 0.6) is 5.75 Å². The molecule has 138 valence electrons. The number of hydrogen-bond acceptors (Lipinski definition) is 7. The van der Waals surface area contributed by atoms with Crippen molar-refractivity contribution >= 4 is 23.2 Å². The SMILES string of the molecule is [N]C(=O)C1=C(O)[C@@]2(O)C(=O)C3=C(O)c4c(O)cccc4CC3CC2CC1=O. The van der Waals surface area contributed by atoms with Gasteiger partial charge in [-0.05, 0) is 30.4 Å². The zero-order valence-electron chi connectivity index (χ0n) is 14.0. The molecular weight excluding hydrogens is 354 g/mol. The summed E-state index contributed by atoms with van der Waals surface area (Å²) in [6, 6.07) is 4.64. The highest BCUT2D eigenvalue weighted by atomic mass is 16.3. The van der Waals surface area contributed by atoms with Crippen LogP contribution in [0.1, 0.15) is 24.0 Å². The smallest absolute Gasteiger partial charge is 0.302 e. The zero-order chi connectivity index (χ0) is 19.7. The molecule has 0 saturated heterocycles. The number of amides is 1. The average Bonchev–Trinajstić information content (AvgIpc) is 2.57. The first kappa shape index (κ1) is 17.3. The van der Waals surface area contributed by atoms with E-state index < -0.39 is 58.4 Å². The van der Waals surface area contributed by atoms with Gasteiger partial charge in [0.2, 0.25) is 5.78 Å². The first-order chi connectivity index (χ1) is 12.7. The molecular formula is C19H15NO7. The summed E-state index contributed by atoms with van der Waals surface area (Å²) in [5, 5.41) is 42.0. The summed E-state index contributed by atoms with van der Waals surface area (Å²) in [5.41, 5.74) is 6.08. The number of aromatic hydroxyl groups is 1. The Labute approximate surface area is 153 Å². The fourth-order valence-electron chi connectivity index (χ4n) is 4.53. The van der Waals surface area contributed by atoms with Gasteiger partial charge in [-0.15, -0.1) is 5.73 Å². The summed E-state index contributed by atoms with van der Waals surface area (Å²) in [6.07, 6.45) is -0.00327. The molecule has 4 N–H and O–H groups in total. The summed E-state index contributed by atoms with van der Waals surface area (Å²) in [5.74, 6) is -7.08. The molecule has 2 unspecified atom stereocenters. The van der Waals surface area contributed by atoms with E-state index in [1.165, 1.54) is 6.07 Å². The van der Waals surface area contributed by atoms with Crippen LogP contribution in [-0.2, 0) is 20.8 Å². The van der Waals surface area contributed by atoms with Gasteiger partial charge in [-0.25, -0.2) is 0 Å². The largest absolute Gasteiger partial charge is 0.508 e. The first-order valence-electron chi connectivity index (χ1n) is 8.39.